The third kappa shape index (κ3) is 9.65. The molecular formula is C50H50N8+4. The molecule has 0 saturated carbocycles. The van der Waals surface area contributed by atoms with Gasteiger partial charge in [-0.2, -0.15) is 0 Å². The van der Waals surface area contributed by atoms with Crippen molar-refractivity contribution in [3.8, 4) is 0 Å². The number of hydrogen-bond acceptors (Lipinski definition) is 0. The summed E-state index contributed by atoms with van der Waals surface area (Å²) in [5, 5.41) is 0. The molecule has 8 heteroatoms. The molecule has 0 spiro atoms. The van der Waals surface area contributed by atoms with E-state index >= 15 is 0 Å². The van der Waals surface area contributed by atoms with Crippen LogP contribution in [0.5, 0.6) is 0 Å². The first kappa shape index (κ1) is 36.6. The molecule has 0 N–H and O–H groups in total. The van der Waals surface area contributed by atoms with Crippen molar-refractivity contribution in [1.29, 1.82) is 0 Å². The molecule has 0 aliphatic rings. The second-order valence-electron chi connectivity index (χ2n) is 15.4. The van der Waals surface area contributed by atoms with Gasteiger partial charge in [-0.15, -0.1) is 0 Å². The van der Waals surface area contributed by atoms with Crippen molar-refractivity contribution >= 4 is 0 Å². The predicted molar refractivity (Wildman–Crippen MR) is 224 cm³/mol. The van der Waals surface area contributed by atoms with Gasteiger partial charge >= 0.3 is 0 Å². The second kappa shape index (κ2) is 17.4. The average molecular weight is 763 g/mol. The molecule has 0 saturated heterocycles. The lowest BCUT2D eigenvalue weighted by Crippen LogP contribution is -2.31. The lowest BCUT2D eigenvalue weighted by atomic mass is 10.1. The predicted octanol–water partition coefficient (Wildman–Crippen LogP) is 6.43. The van der Waals surface area contributed by atoms with Gasteiger partial charge in [0.1, 0.15) is 102 Å². The summed E-state index contributed by atoms with van der Waals surface area (Å²) in [6.07, 6.45) is 26.1. The van der Waals surface area contributed by atoms with Gasteiger partial charge in [-0.05, 0) is 33.4 Å². The fourth-order valence-electron chi connectivity index (χ4n) is 7.69. The van der Waals surface area contributed by atoms with Gasteiger partial charge in [-0.3, -0.25) is 0 Å². The summed E-state index contributed by atoms with van der Waals surface area (Å²) in [5.41, 5.74) is 10.4. The Balaban J connectivity index is 0.758. The van der Waals surface area contributed by atoms with E-state index in [2.05, 4.69) is 245 Å². The molecule has 0 amide bonds. The van der Waals surface area contributed by atoms with Crippen molar-refractivity contribution in [2.24, 2.45) is 0 Å². The van der Waals surface area contributed by atoms with Crippen molar-refractivity contribution in [2.45, 2.75) is 52.4 Å². The lowest BCUT2D eigenvalue weighted by Gasteiger charge is -2.06. The maximum atomic E-state index is 2.28. The Labute approximate surface area is 340 Å². The molecule has 4 heterocycles. The topological polar surface area (TPSA) is 35.2 Å². The van der Waals surface area contributed by atoms with Gasteiger partial charge in [-0.1, -0.05) is 133 Å². The number of rotatable bonds is 16. The largest absolute Gasteiger partial charge is 0.244 e. The number of benzene rings is 5. The molecule has 9 aromatic rings. The molecule has 4 aromatic heterocycles. The van der Waals surface area contributed by atoms with Crippen LogP contribution < -0.4 is 18.3 Å². The number of hydrogen-bond donors (Lipinski definition) is 0. The van der Waals surface area contributed by atoms with Crippen LogP contribution >= 0.6 is 0 Å². The monoisotopic (exact) mass is 762 g/mol. The molecule has 0 aliphatic heterocycles. The Morgan fingerprint density at radius 1 is 0.276 bits per heavy atom. The van der Waals surface area contributed by atoms with E-state index in [1.165, 1.54) is 44.5 Å². The zero-order chi connectivity index (χ0) is 38.9. The van der Waals surface area contributed by atoms with Gasteiger partial charge in [0.2, 0.25) is 25.3 Å². The minimum Gasteiger partial charge on any atom is -0.233 e. The van der Waals surface area contributed by atoms with Gasteiger partial charge in [-0.25, -0.2) is 36.5 Å². The van der Waals surface area contributed by atoms with Crippen LogP contribution in [0.25, 0.3) is 0 Å². The van der Waals surface area contributed by atoms with Crippen LogP contribution in [0.2, 0.25) is 0 Å². The smallest absolute Gasteiger partial charge is 0.233 e. The Kier molecular flexibility index (Phi) is 11.0. The minimum atomic E-state index is 0.826. The molecular weight excluding hydrogens is 713 g/mol. The first-order valence-corrected chi connectivity index (χ1v) is 20.1. The van der Waals surface area contributed by atoms with E-state index in [1.807, 2.05) is 0 Å². The molecule has 0 bridgehead atoms. The van der Waals surface area contributed by atoms with Gasteiger partial charge in [0.25, 0.3) is 0 Å². The van der Waals surface area contributed by atoms with Crippen LogP contribution in [0.1, 0.15) is 44.5 Å². The fourth-order valence-corrected chi connectivity index (χ4v) is 7.69. The highest BCUT2D eigenvalue weighted by atomic mass is 15.1. The molecule has 0 radical (unpaired) electrons. The van der Waals surface area contributed by atoms with Crippen LogP contribution in [-0.4, -0.2) is 18.3 Å². The minimum absolute atomic E-state index is 0.826. The number of aromatic nitrogens is 8. The van der Waals surface area contributed by atoms with Crippen molar-refractivity contribution in [1.82, 2.24) is 18.3 Å². The van der Waals surface area contributed by atoms with Gasteiger partial charge in [0.15, 0.2) is 0 Å². The molecule has 0 unspecified atom stereocenters. The van der Waals surface area contributed by atoms with Crippen molar-refractivity contribution in [3.05, 3.63) is 253 Å². The quantitative estimate of drug-likeness (QED) is 0.102. The van der Waals surface area contributed by atoms with Crippen LogP contribution in [0.4, 0.5) is 0 Å². The average Bonchev–Trinajstić information content (AvgIpc) is 4.08. The second-order valence-corrected chi connectivity index (χ2v) is 15.4. The van der Waals surface area contributed by atoms with E-state index in [-0.39, 0.29) is 0 Å². The van der Waals surface area contributed by atoms with E-state index in [1.54, 1.807) is 0 Å². The van der Waals surface area contributed by atoms with Gasteiger partial charge in [0.05, 0.1) is 0 Å². The highest BCUT2D eigenvalue weighted by Gasteiger charge is 2.14. The third-order valence-corrected chi connectivity index (χ3v) is 10.7. The van der Waals surface area contributed by atoms with E-state index in [4.69, 9.17) is 0 Å². The summed E-state index contributed by atoms with van der Waals surface area (Å²) in [5.74, 6) is 0. The molecule has 0 aliphatic carbocycles. The highest BCUT2D eigenvalue weighted by Crippen LogP contribution is 2.14. The van der Waals surface area contributed by atoms with Crippen LogP contribution in [0.3, 0.4) is 0 Å². The first-order valence-electron chi connectivity index (χ1n) is 20.1. The molecule has 58 heavy (non-hydrogen) atoms. The summed E-state index contributed by atoms with van der Waals surface area (Å²) in [6.45, 7) is 6.80. The van der Waals surface area contributed by atoms with E-state index in [9.17, 15) is 0 Å². The van der Waals surface area contributed by atoms with Crippen molar-refractivity contribution < 1.29 is 18.3 Å². The zero-order valence-electron chi connectivity index (χ0n) is 32.9. The summed E-state index contributed by atoms with van der Waals surface area (Å²) < 4.78 is 18.0. The molecule has 286 valence electrons. The molecule has 9 rings (SSSR count). The van der Waals surface area contributed by atoms with E-state index in [0.29, 0.717) is 0 Å². The Morgan fingerprint density at radius 3 is 0.897 bits per heavy atom. The van der Waals surface area contributed by atoms with Crippen molar-refractivity contribution in [2.75, 3.05) is 0 Å². The molecule has 0 fully saturated rings. The summed E-state index contributed by atoms with van der Waals surface area (Å²) in [4.78, 5) is 0. The SMILES string of the molecule is c1ccc(C[n+]2ccn(Cc3ccc(C[n+]4ccn(Cc5ccccc5Cn5cc[n+](Cc6ccc(Cn7cc[n+](Cc8ccccc8)c7)cc6)c5)c4)cc3)c2)cc1. The molecule has 5 aromatic carbocycles. The van der Waals surface area contributed by atoms with Gasteiger partial charge in [0, 0.05) is 11.1 Å². The zero-order valence-corrected chi connectivity index (χ0v) is 32.9. The Hall–Kier alpha value is -7.06. The fraction of sp³-hybridized carbons (Fsp3) is 0.160. The first-order chi connectivity index (χ1) is 28.6. The highest BCUT2D eigenvalue weighted by molar-refractivity contribution is 5.28. The lowest BCUT2D eigenvalue weighted by molar-refractivity contribution is -0.688. The maximum absolute atomic E-state index is 2.28. The summed E-state index contributed by atoms with van der Waals surface area (Å²) in [6, 6.07) is 48.0. The van der Waals surface area contributed by atoms with Crippen LogP contribution in [0.15, 0.2) is 208 Å². The molecule has 8 nitrogen and oxygen atoms in total. The Morgan fingerprint density at radius 2 is 0.552 bits per heavy atom. The van der Waals surface area contributed by atoms with E-state index < -0.39 is 0 Å². The third-order valence-electron chi connectivity index (χ3n) is 10.7. The van der Waals surface area contributed by atoms with E-state index in [0.717, 1.165) is 52.4 Å². The number of imidazole rings is 4. The van der Waals surface area contributed by atoms with Crippen LogP contribution in [-0.2, 0) is 52.4 Å². The summed E-state index contributed by atoms with van der Waals surface area (Å²) in [7, 11) is 0. The van der Waals surface area contributed by atoms with Gasteiger partial charge < -0.3 is 0 Å². The standard InChI is InChI=1S/C50H50N8/c1-3-9-43(10-4-1)31-51-23-25-53(39-51)33-45-15-19-47(20-16-45)35-55-27-29-57(41-55)37-49-13-7-8-14-50(49)38-58-30-28-56(42-58)36-48-21-17-46(18-22-48)34-54-26-24-52(40-54)32-44-11-5-2-6-12-44/h1-30,39-42H,31-38H2/q+4. The Bertz CT molecular complexity index is 2480. The van der Waals surface area contributed by atoms with Crippen molar-refractivity contribution in [3.63, 3.8) is 0 Å². The summed E-state index contributed by atoms with van der Waals surface area (Å²) >= 11 is 0. The number of nitrogens with zero attached hydrogens (tertiary/aromatic N) is 8. The maximum Gasteiger partial charge on any atom is 0.244 e. The normalized spacial score (nSPS) is 11.3. The molecule has 0 atom stereocenters. The van der Waals surface area contributed by atoms with Crippen LogP contribution in [0, 0.1) is 0 Å².